The van der Waals surface area contributed by atoms with E-state index in [9.17, 15) is 22.8 Å². The van der Waals surface area contributed by atoms with Crippen LogP contribution < -0.4 is 34.9 Å². The number of benzene rings is 3. The average molecular weight is 665 g/mol. The molecule has 47 heavy (non-hydrogen) atoms. The van der Waals surface area contributed by atoms with E-state index in [1.54, 1.807) is 30.3 Å². The van der Waals surface area contributed by atoms with E-state index in [2.05, 4.69) is 16.0 Å². The summed E-state index contributed by atoms with van der Waals surface area (Å²) in [6.45, 7) is 4.26. The number of ether oxygens (including phenoxy) is 4. The first-order chi connectivity index (χ1) is 22.5. The van der Waals surface area contributed by atoms with E-state index in [-0.39, 0.29) is 60.0 Å². The molecule has 4 aliphatic rings. The fourth-order valence-corrected chi connectivity index (χ4v) is 6.94. The largest absolute Gasteiger partial charge is 0.490 e. The SMILES string of the molecule is CC(C)NC(=O)c1cc2cc(c1)C(=O)N[C@H]1CN(S(=O)(=O)c3ccc4c(c3)OCCCO4)C[C@@H]1Oc1ccc(cc1)CNC(=O)CO2. The Morgan fingerprint density at radius 1 is 0.915 bits per heavy atom. The van der Waals surface area contributed by atoms with Gasteiger partial charge in [0.25, 0.3) is 17.7 Å². The summed E-state index contributed by atoms with van der Waals surface area (Å²) in [5, 5.41) is 8.49. The number of nitrogens with zero attached hydrogens (tertiary/aromatic N) is 1. The van der Waals surface area contributed by atoms with Crippen LogP contribution >= 0.6 is 0 Å². The molecule has 1 saturated heterocycles. The molecule has 13 nitrogen and oxygen atoms in total. The highest BCUT2D eigenvalue weighted by molar-refractivity contribution is 7.89. The number of nitrogens with one attached hydrogen (secondary N) is 3. The van der Waals surface area contributed by atoms with Gasteiger partial charge in [-0.1, -0.05) is 12.1 Å². The zero-order chi connectivity index (χ0) is 33.1. The molecule has 0 radical (unpaired) electrons. The first-order valence-electron chi connectivity index (χ1n) is 15.4. The summed E-state index contributed by atoms with van der Waals surface area (Å²) in [5.74, 6) is 0.0440. The zero-order valence-corrected chi connectivity index (χ0v) is 26.8. The van der Waals surface area contributed by atoms with Crippen molar-refractivity contribution in [2.75, 3.05) is 32.9 Å². The summed E-state index contributed by atoms with van der Waals surface area (Å²) >= 11 is 0. The normalized spacial score (nSPS) is 20.1. The van der Waals surface area contributed by atoms with Crippen molar-refractivity contribution in [1.29, 1.82) is 0 Å². The van der Waals surface area contributed by atoms with Gasteiger partial charge >= 0.3 is 0 Å². The monoisotopic (exact) mass is 664 g/mol. The molecule has 3 N–H and O–H groups in total. The Labute approximate surface area is 272 Å². The van der Waals surface area contributed by atoms with Gasteiger partial charge in [0.05, 0.1) is 30.7 Å². The van der Waals surface area contributed by atoms with Gasteiger partial charge in [-0.2, -0.15) is 4.31 Å². The van der Waals surface area contributed by atoms with Gasteiger partial charge in [-0.05, 0) is 61.9 Å². The lowest BCUT2D eigenvalue weighted by molar-refractivity contribution is -0.123. The van der Waals surface area contributed by atoms with Crippen molar-refractivity contribution in [1.82, 2.24) is 20.3 Å². The number of rotatable bonds is 4. The summed E-state index contributed by atoms with van der Waals surface area (Å²) in [6, 6.07) is 14.9. The molecule has 3 aromatic rings. The topological polar surface area (TPSA) is 162 Å². The molecule has 0 aliphatic carbocycles. The van der Waals surface area contributed by atoms with Crippen molar-refractivity contribution in [2.24, 2.45) is 0 Å². The van der Waals surface area contributed by atoms with E-state index in [0.717, 1.165) is 5.56 Å². The van der Waals surface area contributed by atoms with Gasteiger partial charge < -0.3 is 34.9 Å². The van der Waals surface area contributed by atoms with Crippen molar-refractivity contribution in [3.8, 4) is 23.0 Å². The van der Waals surface area contributed by atoms with E-state index in [0.29, 0.717) is 36.9 Å². The molecule has 2 atom stereocenters. The van der Waals surface area contributed by atoms with E-state index in [4.69, 9.17) is 18.9 Å². The first kappa shape index (κ1) is 32.1. The lowest BCUT2D eigenvalue weighted by Gasteiger charge is -2.21. The standard InChI is InChI=1S/C33H36N4O9S/c1-20(2)35-32(39)22-12-23-14-25(13-22)45-19-31(38)34-16-21-4-6-24(7-5-21)46-30-18-37(17-27(30)36-33(23)40)47(41,42)26-8-9-28-29(15-26)44-11-3-10-43-28/h4-9,12-15,20,27,30H,3,10-11,16-19H2,1-2H3,(H,34,38)(H,35,39)(H,36,40)/t27-,30-/m0/s1. The van der Waals surface area contributed by atoms with Crippen LogP contribution in [0.3, 0.4) is 0 Å². The fourth-order valence-electron chi connectivity index (χ4n) is 5.45. The van der Waals surface area contributed by atoms with E-state index < -0.39 is 34.0 Å². The maximum Gasteiger partial charge on any atom is 0.258 e. The van der Waals surface area contributed by atoms with E-state index in [1.807, 2.05) is 13.8 Å². The lowest BCUT2D eigenvalue weighted by Crippen LogP contribution is -2.45. The van der Waals surface area contributed by atoms with E-state index in [1.165, 1.54) is 34.6 Å². The van der Waals surface area contributed by atoms with Crippen molar-refractivity contribution in [2.45, 2.75) is 49.9 Å². The number of sulfonamides is 1. The maximum absolute atomic E-state index is 13.9. The van der Waals surface area contributed by atoms with Crippen LogP contribution in [0.1, 0.15) is 46.5 Å². The molecule has 4 bridgehead atoms. The summed E-state index contributed by atoms with van der Waals surface area (Å²) in [5.41, 5.74) is 1.06. The summed E-state index contributed by atoms with van der Waals surface area (Å²) in [6.07, 6.45) is -0.0869. The molecule has 4 heterocycles. The quantitative estimate of drug-likeness (QED) is 0.380. The molecule has 0 unspecified atom stereocenters. The third-order valence-electron chi connectivity index (χ3n) is 7.83. The van der Waals surface area contributed by atoms with Crippen LogP contribution in [-0.2, 0) is 21.4 Å². The van der Waals surface area contributed by atoms with E-state index >= 15 is 0 Å². The summed E-state index contributed by atoms with van der Waals surface area (Å²) in [7, 11) is -4.04. The molecule has 14 heteroatoms. The number of hydrogen-bond acceptors (Lipinski definition) is 9. The molecule has 0 saturated carbocycles. The Hall–Kier alpha value is -4.82. The van der Waals surface area contributed by atoms with Crippen LogP contribution in [0.25, 0.3) is 0 Å². The number of fused-ring (bicyclic) bond motifs is 8. The highest BCUT2D eigenvalue weighted by Gasteiger charge is 2.42. The van der Waals surface area contributed by atoms with Gasteiger partial charge in [-0.15, -0.1) is 0 Å². The molecule has 3 amide bonds. The van der Waals surface area contributed by atoms with Gasteiger partial charge in [0.1, 0.15) is 17.6 Å². The minimum atomic E-state index is -4.04. The molecule has 1 fully saturated rings. The molecule has 7 rings (SSSR count). The Morgan fingerprint density at radius 3 is 2.45 bits per heavy atom. The number of carbonyl (C=O) groups excluding carboxylic acids is 3. The molecule has 0 spiro atoms. The van der Waals surface area contributed by atoms with Crippen LogP contribution in [0, 0.1) is 0 Å². The molecular formula is C33H36N4O9S. The molecule has 0 aromatic heterocycles. The Morgan fingerprint density at radius 2 is 1.68 bits per heavy atom. The molecule has 3 aromatic carbocycles. The van der Waals surface area contributed by atoms with Gasteiger partial charge in [-0.3, -0.25) is 14.4 Å². The summed E-state index contributed by atoms with van der Waals surface area (Å²) < 4.78 is 52.5. The van der Waals surface area contributed by atoms with Crippen LogP contribution in [0.4, 0.5) is 0 Å². The van der Waals surface area contributed by atoms with Crippen molar-refractivity contribution in [3.63, 3.8) is 0 Å². The zero-order valence-electron chi connectivity index (χ0n) is 26.0. The van der Waals surface area contributed by atoms with Crippen molar-refractivity contribution in [3.05, 3.63) is 77.4 Å². The Bertz CT molecular complexity index is 1780. The van der Waals surface area contributed by atoms with Crippen LogP contribution in [0.15, 0.2) is 65.6 Å². The highest BCUT2D eigenvalue weighted by atomic mass is 32.2. The van der Waals surface area contributed by atoms with Crippen LogP contribution in [0.2, 0.25) is 0 Å². The first-order valence-corrected chi connectivity index (χ1v) is 16.8. The lowest BCUT2D eigenvalue weighted by atomic mass is 10.1. The second-order valence-corrected chi connectivity index (χ2v) is 13.7. The summed E-state index contributed by atoms with van der Waals surface area (Å²) in [4.78, 5) is 39.2. The van der Waals surface area contributed by atoms with Gasteiger partial charge in [0.2, 0.25) is 10.0 Å². The minimum Gasteiger partial charge on any atom is -0.490 e. The number of hydrogen-bond donors (Lipinski definition) is 3. The molecule has 4 aliphatic heterocycles. The number of amides is 3. The Balaban J connectivity index is 1.32. The average Bonchev–Trinajstić information content (AvgIpc) is 3.29. The van der Waals surface area contributed by atoms with Crippen LogP contribution in [0.5, 0.6) is 23.0 Å². The molecule has 248 valence electrons. The third-order valence-corrected chi connectivity index (χ3v) is 9.65. The Kier molecular flexibility index (Phi) is 9.23. The second-order valence-electron chi connectivity index (χ2n) is 11.8. The smallest absolute Gasteiger partial charge is 0.258 e. The van der Waals surface area contributed by atoms with Gasteiger partial charge in [-0.25, -0.2) is 8.42 Å². The van der Waals surface area contributed by atoms with Crippen LogP contribution in [-0.4, -0.2) is 81.5 Å². The fraction of sp³-hybridized carbons (Fsp3) is 0.364. The van der Waals surface area contributed by atoms with Gasteiger partial charge in [0, 0.05) is 42.7 Å². The number of carbonyl (C=O) groups is 3. The predicted octanol–water partition coefficient (Wildman–Crippen LogP) is 2.25. The van der Waals surface area contributed by atoms with Crippen molar-refractivity contribution < 1.29 is 41.7 Å². The molecular weight excluding hydrogens is 628 g/mol. The second kappa shape index (κ2) is 13.5. The highest BCUT2D eigenvalue weighted by Crippen LogP contribution is 2.34. The minimum absolute atomic E-state index is 0.0268. The predicted molar refractivity (Wildman–Crippen MR) is 169 cm³/mol. The van der Waals surface area contributed by atoms with Gasteiger partial charge in [0.15, 0.2) is 18.1 Å². The van der Waals surface area contributed by atoms with Crippen molar-refractivity contribution >= 4 is 27.7 Å². The third kappa shape index (κ3) is 7.44. The maximum atomic E-state index is 13.9.